The monoisotopic (exact) mass is 295 g/mol. The summed E-state index contributed by atoms with van der Waals surface area (Å²) < 4.78 is 7.40. The summed E-state index contributed by atoms with van der Waals surface area (Å²) in [6.45, 7) is 2.51. The number of ether oxygens (including phenoxy) is 1. The molecule has 0 spiro atoms. The van der Waals surface area contributed by atoms with E-state index in [1.54, 1.807) is 4.68 Å². The van der Waals surface area contributed by atoms with Crippen molar-refractivity contribution in [3.63, 3.8) is 0 Å². The summed E-state index contributed by atoms with van der Waals surface area (Å²) in [6, 6.07) is 6.14. The predicted octanol–water partition coefficient (Wildman–Crippen LogP) is 2.60. The number of rotatable bonds is 4. The van der Waals surface area contributed by atoms with E-state index in [0.29, 0.717) is 6.61 Å². The second-order valence-corrected chi connectivity index (χ2v) is 4.48. The summed E-state index contributed by atoms with van der Waals surface area (Å²) >= 11 is 3.46. The van der Waals surface area contributed by atoms with E-state index in [0.717, 1.165) is 22.3 Å². The van der Waals surface area contributed by atoms with Crippen LogP contribution in [0.2, 0.25) is 0 Å². The molecule has 0 bridgehead atoms. The highest BCUT2D eigenvalue weighted by molar-refractivity contribution is 9.08. The fourth-order valence-electron chi connectivity index (χ4n) is 1.57. The van der Waals surface area contributed by atoms with Gasteiger partial charge >= 0.3 is 0 Å². The molecule has 17 heavy (non-hydrogen) atoms. The molecule has 0 atom stereocenters. The molecule has 0 amide bonds. The number of nitrogens with zero attached hydrogens (tertiary/aromatic N) is 3. The topological polar surface area (TPSA) is 39.9 Å². The lowest BCUT2D eigenvalue weighted by Gasteiger charge is -2.09. The molecule has 0 unspecified atom stereocenters. The third kappa shape index (κ3) is 3.06. The lowest BCUT2D eigenvalue weighted by molar-refractivity contribution is 0.299. The van der Waals surface area contributed by atoms with Crippen molar-refractivity contribution in [1.29, 1.82) is 0 Å². The Bertz CT molecular complexity index is 510. The summed E-state index contributed by atoms with van der Waals surface area (Å²) in [5.74, 6) is 0.887. The molecule has 1 heterocycles. The van der Waals surface area contributed by atoms with Crippen LogP contribution in [0.5, 0.6) is 5.75 Å². The van der Waals surface area contributed by atoms with Gasteiger partial charge in [0, 0.05) is 17.9 Å². The molecular formula is C12H14BrN3O. The molecule has 0 N–H and O–H groups in total. The van der Waals surface area contributed by atoms with E-state index in [1.165, 1.54) is 5.56 Å². The van der Waals surface area contributed by atoms with Gasteiger partial charge in [-0.3, -0.25) is 4.68 Å². The Morgan fingerprint density at radius 3 is 2.88 bits per heavy atom. The maximum atomic E-state index is 5.74. The molecule has 1 aromatic heterocycles. The molecule has 1 aromatic carbocycles. The molecule has 0 fully saturated rings. The van der Waals surface area contributed by atoms with Crippen molar-refractivity contribution < 1.29 is 4.74 Å². The summed E-state index contributed by atoms with van der Waals surface area (Å²) in [6.07, 6.45) is 1.85. The molecule has 0 saturated heterocycles. The first kappa shape index (κ1) is 12.1. The van der Waals surface area contributed by atoms with Gasteiger partial charge in [-0.05, 0) is 13.0 Å². The average molecular weight is 296 g/mol. The molecule has 0 saturated carbocycles. The fourth-order valence-corrected chi connectivity index (χ4v) is 2.00. The van der Waals surface area contributed by atoms with Gasteiger partial charge in [0.1, 0.15) is 18.1 Å². The molecule has 0 radical (unpaired) electrons. The maximum Gasteiger partial charge on any atom is 0.134 e. The van der Waals surface area contributed by atoms with Crippen molar-refractivity contribution in [2.45, 2.75) is 18.9 Å². The number of benzene rings is 1. The SMILES string of the molecule is Cc1ccc(OCc2cn(C)nn2)c(CBr)c1. The summed E-state index contributed by atoms with van der Waals surface area (Å²) in [5, 5.41) is 8.63. The second-order valence-electron chi connectivity index (χ2n) is 3.92. The first-order valence-corrected chi connectivity index (χ1v) is 6.44. The van der Waals surface area contributed by atoms with Gasteiger partial charge in [-0.25, -0.2) is 0 Å². The summed E-state index contributed by atoms with van der Waals surface area (Å²) in [5.41, 5.74) is 3.20. The molecule has 2 rings (SSSR count). The van der Waals surface area contributed by atoms with Gasteiger partial charge in [-0.2, -0.15) is 0 Å². The van der Waals surface area contributed by atoms with Crippen LogP contribution in [0.4, 0.5) is 0 Å². The minimum Gasteiger partial charge on any atom is -0.487 e. The molecule has 0 aliphatic rings. The normalized spacial score (nSPS) is 10.5. The van der Waals surface area contributed by atoms with Gasteiger partial charge in [-0.1, -0.05) is 38.8 Å². The van der Waals surface area contributed by atoms with Gasteiger partial charge < -0.3 is 4.74 Å². The van der Waals surface area contributed by atoms with Crippen molar-refractivity contribution in [1.82, 2.24) is 15.0 Å². The van der Waals surface area contributed by atoms with E-state index >= 15 is 0 Å². The lowest BCUT2D eigenvalue weighted by Crippen LogP contribution is -1.98. The Morgan fingerprint density at radius 1 is 1.41 bits per heavy atom. The number of hydrogen-bond acceptors (Lipinski definition) is 3. The third-order valence-electron chi connectivity index (χ3n) is 2.39. The Kier molecular flexibility index (Phi) is 3.78. The Labute approximate surface area is 109 Å². The zero-order valence-electron chi connectivity index (χ0n) is 9.85. The Morgan fingerprint density at radius 2 is 2.24 bits per heavy atom. The minimum atomic E-state index is 0.441. The molecule has 4 nitrogen and oxygen atoms in total. The van der Waals surface area contributed by atoms with Crippen molar-refractivity contribution in [3.05, 3.63) is 41.2 Å². The number of aromatic nitrogens is 3. The van der Waals surface area contributed by atoms with E-state index < -0.39 is 0 Å². The van der Waals surface area contributed by atoms with E-state index in [9.17, 15) is 0 Å². The van der Waals surface area contributed by atoms with Crippen LogP contribution in [0.15, 0.2) is 24.4 Å². The highest BCUT2D eigenvalue weighted by Gasteiger charge is 2.05. The Hall–Kier alpha value is -1.36. The van der Waals surface area contributed by atoms with Gasteiger partial charge in [0.25, 0.3) is 0 Å². The van der Waals surface area contributed by atoms with Crippen molar-refractivity contribution in [2.24, 2.45) is 7.05 Å². The zero-order valence-corrected chi connectivity index (χ0v) is 11.4. The quantitative estimate of drug-likeness (QED) is 0.814. The van der Waals surface area contributed by atoms with Crippen LogP contribution in [-0.4, -0.2) is 15.0 Å². The largest absolute Gasteiger partial charge is 0.487 e. The number of hydrogen-bond donors (Lipinski definition) is 0. The minimum absolute atomic E-state index is 0.441. The lowest BCUT2D eigenvalue weighted by atomic mass is 10.1. The highest BCUT2D eigenvalue weighted by atomic mass is 79.9. The third-order valence-corrected chi connectivity index (χ3v) is 2.99. The van der Waals surface area contributed by atoms with Crippen LogP contribution in [0, 0.1) is 6.92 Å². The molecule has 0 aliphatic carbocycles. The predicted molar refractivity (Wildman–Crippen MR) is 69.1 cm³/mol. The van der Waals surface area contributed by atoms with E-state index in [1.807, 2.05) is 25.4 Å². The average Bonchev–Trinajstić information content (AvgIpc) is 2.73. The number of halogens is 1. The fraction of sp³-hybridized carbons (Fsp3) is 0.333. The first-order chi connectivity index (χ1) is 8.19. The number of aryl methyl sites for hydroxylation is 2. The molecule has 0 aliphatic heterocycles. The van der Waals surface area contributed by atoms with Crippen molar-refractivity contribution in [2.75, 3.05) is 0 Å². The van der Waals surface area contributed by atoms with Crippen LogP contribution in [0.1, 0.15) is 16.8 Å². The second kappa shape index (κ2) is 5.31. The van der Waals surface area contributed by atoms with Crippen molar-refractivity contribution >= 4 is 15.9 Å². The molecule has 90 valence electrons. The van der Waals surface area contributed by atoms with E-state index in [4.69, 9.17) is 4.74 Å². The van der Waals surface area contributed by atoms with Crippen LogP contribution in [0.3, 0.4) is 0 Å². The first-order valence-electron chi connectivity index (χ1n) is 5.32. The van der Waals surface area contributed by atoms with Crippen LogP contribution < -0.4 is 4.74 Å². The van der Waals surface area contributed by atoms with Gasteiger partial charge in [-0.15, -0.1) is 5.10 Å². The molecular weight excluding hydrogens is 282 g/mol. The zero-order chi connectivity index (χ0) is 12.3. The summed E-state index contributed by atoms with van der Waals surface area (Å²) in [7, 11) is 1.84. The van der Waals surface area contributed by atoms with Crippen LogP contribution in [0.25, 0.3) is 0 Å². The van der Waals surface area contributed by atoms with E-state index in [2.05, 4.69) is 39.2 Å². The smallest absolute Gasteiger partial charge is 0.134 e. The van der Waals surface area contributed by atoms with Crippen LogP contribution in [-0.2, 0) is 19.0 Å². The summed E-state index contributed by atoms with van der Waals surface area (Å²) in [4.78, 5) is 0. The van der Waals surface area contributed by atoms with Gasteiger partial charge in [0.2, 0.25) is 0 Å². The van der Waals surface area contributed by atoms with Crippen LogP contribution >= 0.6 is 15.9 Å². The van der Waals surface area contributed by atoms with Crippen molar-refractivity contribution in [3.8, 4) is 5.75 Å². The van der Waals surface area contributed by atoms with Gasteiger partial charge in [0.05, 0.1) is 6.20 Å². The maximum absolute atomic E-state index is 5.74. The molecule has 2 aromatic rings. The standard InChI is InChI=1S/C12H14BrN3O/c1-9-3-4-12(10(5-9)6-13)17-8-11-7-16(2)15-14-11/h3-5,7H,6,8H2,1-2H3. The van der Waals surface area contributed by atoms with E-state index in [-0.39, 0.29) is 0 Å². The number of alkyl halides is 1. The molecule has 5 heteroatoms. The Balaban J connectivity index is 2.08. The van der Waals surface area contributed by atoms with Gasteiger partial charge in [0.15, 0.2) is 0 Å². The highest BCUT2D eigenvalue weighted by Crippen LogP contribution is 2.23.